The van der Waals surface area contributed by atoms with Gasteiger partial charge in [-0.2, -0.15) is 0 Å². The Labute approximate surface area is 98.1 Å². The van der Waals surface area contributed by atoms with Gasteiger partial charge in [0.15, 0.2) is 5.67 Å². The molecule has 0 aromatic heterocycles. The van der Waals surface area contributed by atoms with Crippen LogP contribution in [-0.2, 0) is 5.67 Å². The van der Waals surface area contributed by atoms with Crippen molar-refractivity contribution in [3.8, 4) is 0 Å². The largest absolute Gasteiger partial charge is 0.312 e. The summed E-state index contributed by atoms with van der Waals surface area (Å²) in [5.74, 6) is 0. The molecular weight excluding hydrogens is 201 g/mol. The minimum atomic E-state index is -1.39. The van der Waals surface area contributed by atoms with E-state index in [0.29, 0.717) is 0 Å². The molecule has 0 saturated carbocycles. The molecule has 1 aromatic rings. The van der Waals surface area contributed by atoms with Crippen molar-refractivity contribution < 1.29 is 4.39 Å². The van der Waals surface area contributed by atoms with Crippen LogP contribution in [0.2, 0.25) is 0 Å². The molecule has 1 aromatic carbocycles. The van der Waals surface area contributed by atoms with Gasteiger partial charge >= 0.3 is 0 Å². The van der Waals surface area contributed by atoms with E-state index in [1.807, 2.05) is 45.9 Å². The van der Waals surface area contributed by atoms with Crippen LogP contribution in [0.3, 0.4) is 0 Å². The first-order chi connectivity index (χ1) is 7.22. The minimum absolute atomic E-state index is 0.590. The van der Waals surface area contributed by atoms with Crippen LogP contribution < -0.4 is 5.32 Å². The van der Waals surface area contributed by atoms with Crippen LogP contribution >= 0.6 is 0 Å². The number of hydrogen-bond donors (Lipinski definition) is 1. The summed E-state index contributed by atoms with van der Waals surface area (Å²) in [7, 11) is 1.79. The predicted octanol–water partition coefficient (Wildman–Crippen LogP) is 3.49. The summed E-state index contributed by atoms with van der Waals surface area (Å²) in [4.78, 5) is 0. The van der Waals surface area contributed by atoms with Crippen molar-refractivity contribution in [3.05, 3.63) is 34.9 Å². The van der Waals surface area contributed by atoms with Gasteiger partial charge in [0, 0.05) is 0 Å². The molecular formula is C14H22FN. The third-order valence-corrected chi connectivity index (χ3v) is 3.69. The molecule has 16 heavy (non-hydrogen) atoms. The Bertz CT molecular complexity index is 380. The van der Waals surface area contributed by atoms with Crippen molar-refractivity contribution in [2.75, 3.05) is 7.05 Å². The molecule has 0 aliphatic rings. The maximum Gasteiger partial charge on any atom is 0.150 e. The fourth-order valence-corrected chi connectivity index (χ4v) is 1.91. The summed E-state index contributed by atoms with van der Waals surface area (Å²) in [5.41, 5.74) is 0.956. The molecule has 0 spiro atoms. The Balaban J connectivity index is 3.27. The van der Waals surface area contributed by atoms with Crippen LogP contribution in [0.5, 0.6) is 0 Å². The van der Waals surface area contributed by atoms with Crippen molar-refractivity contribution in [3.63, 3.8) is 0 Å². The first-order valence-electron chi connectivity index (χ1n) is 5.68. The number of nitrogens with one attached hydrogen (secondary N) is 1. The molecule has 90 valence electrons. The lowest BCUT2D eigenvalue weighted by Crippen LogP contribution is -2.51. The van der Waals surface area contributed by atoms with E-state index < -0.39 is 11.2 Å². The number of rotatable bonds is 3. The Morgan fingerprint density at radius 1 is 1.12 bits per heavy atom. The minimum Gasteiger partial charge on any atom is -0.312 e. The number of aryl methyl sites for hydroxylation is 2. The number of hydrogen-bond acceptors (Lipinski definition) is 1. The van der Waals surface area contributed by atoms with Crippen LogP contribution in [0, 0.1) is 13.8 Å². The molecule has 1 rings (SSSR count). The maximum absolute atomic E-state index is 14.9. The molecule has 0 aliphatic heterocycles. The zero-order valence-electron chi connectivity index (χ0n) is 11.1. The molecule has 0 saturated heterocycles. The lowest BCUT2D eigenvalue weighted by atomic mass is 9.78. The van der Waals surface area contributed by atoms with Gasteiger partial charge in [0.25, 0.3) is 0 Å². The topological polar surface area (TPSA) is 12.0 Å². The van der Waals surface area contributed by atoms with Crippen molar-refractivity contribution >= 4 is 0 Å². The fourth-order valence-electron chi connectivity index (χ4n) is 1.91. The van der Waals surface area contributed by atoms with Gasteiger partial charge in [-0.3, -0.25) is 0 Å². The highest BCUT2D eigenvalue weighted by atomic mass is 19.1. The van der Waals surface area contributed by atoms with E-state index in [1.165, 1.54) is 5.56 Å². The highest BCUT2D eigenvalue weighted by Crippen LogP contribution is 2.38. The van der Waals surface area contributed by atoms with E-state index in [4.69, 9.17) is 0 Å². The van der Waals surface area contributed by atoms with E-state index in [0.717, 1.165) is 11.1 Å². The SMILES string of the molecule is CNC(C)(C)C(C)(F)c1ccc(C)cc1C. The maximum atomic E-state index is 14.9. The zero-order chi connectivity index (χ0) is 12.6. The lowest BCUT2D eigenvalue weighted by Gasteiger charge is -2.39. The number of halogens is 1. The quantitative estimate of drug-likeness (QED) is 0.827. The third kappa shape index (κ3) is 2.12. The number of benzene rings is 1. The molecule has 0 bridgehead atoms. The lowest BCUT2D eigenvalue weighted by molar-refractivity contribution is 0.0721. The standard InChI is InChI=1S/C14H22FN/c1-10-7-8-12(11(2)9-10)14(5,15)13(3,4)16-6/h7-9,16H,1-6H3. The van der Waals surface area contributed by atoms with Gasteiger partial charge in [0.2, 0.25) is 0 Å². The van der Waals surface area contributed by atoms with Crippen LogP contribution in [0.15, 0.2) is 18.2 Å². The van der Waals surface area contributed by atoms with Crippen LogP contribution in [-0.4, -0.2) is 12.6 Å². The number of likely N-dealkylation sites (N-methyl/N-ethyl adjacent to an activating group) is 1. The Hall–Kier alpha value is -0.890. The summed E-state index contributed by atoms with van der Waals surface area (Å²) in [5, 5.41) is 3.05. The normalized spacial score (nSPS) is 15.9. The Morgan fingerprint density at radius 3 is 2.12 bits per heavy atom. The second-order valence-electron chi connectivity index (χ2n) is 5.20. The van der Waals surface area contributed by atoms with Gasteiger partial charge in [0.1, 0.15) is 0 Å². The summed E-state index contributed by atoms with van der Waals surface area (Å²) < 4.78 is 14.9. The number of alkyl halides is 1. The van der Waals surface area contributed by atoms with Gasteiger partial charge in [-0.25, -0.2) is 4.39 Å². The van der Waals surface area contributed by atoms with E-state index in [2.05, 4.69) is 5.32 Å². The van der Waals surface area contributed by atoms with E-state index in [-0.39, 0.29) is 0 Å². The van der Waals surface area contributed by atoms with Gasteiger partial charge < -0.3 is 5.32 Å². The monoisotopic (exact) mass is 223 g/mol. The molecule has 1 nitrogen and oxygen atoms in total. The zero-order valence-corrected chi connectivity index (χ0v) is 11.1. The summed E-state index contributed by atoms with van der Waals surface area (Å²) in [6, 6.07) is 5.88. The van der Waals surface area contributed by atoms with Gasteiger partial charge in [0.05, 0.1) is 5.54 Å². The second kappa shape index (κ2) is 4.17. The van der Waals surface area contributed by atoms with Crippen molar-refractivity contribution in [1.29, 1.82) is 0 Å². The van der Waals surface area contributed by atoms with Crippen molar-refractivity contribution in [2.24, 2.45) is 0 Å². The second-order valence-corrected chi connectivity index (χ2v) is 5.20. The van der Waals surface area contributed by atoms with Crippen molar-refractivity contribution in [2.45, 2.75) is 45.8 Å². The average molecular weight is 223 g/mol. The molecule has 2 heteroatoms. The molecule has 0 fully saturated rings. The van der Waals surface area contributed by atoms with Crippen LogP contribution in [0.25, 0.3) is 0 Å². The van der Waals surface area contributed by atoms with E-state index in [1.54, 1.807) is 14.0 Å². The summed E-state index contributed by atoms with van der Waals surface area (Å²) in [6.07, 6.45) is 0. The summed E-state index contributed by atoms with van der Waals surface area (Å²) in [6.45, 7) is 9.39. The predicted molar refractivity (Wildman–Crippen MR) is 67.5 cm³/mol. The van der Waals surface area contributed by atoms with E-state index >= 15 is 0 Å². The molecule has 1 atom stereocenters. The third-order valence-electron chi connectivity index (χ3n) is 3.69. The van der Waals surface area contributed by atoms with Crippen LogP contribution in [0.4, 0.5) is 4.39 Å². The fraction of sp³-hybridized carbons (Fsp3) is 0.571. The highest BCUT2D eigenvalue weighted by Gasteiger charge is 2.42. The van der Waals surface area contributed by atoms with Crippen LogP contribution in [0.1, 0.15) is 37.5 Å². The van der Waals surface area contributed by atoms with Crippen molar-refractivity contribution in [1.82, 2.24) is 5.32 Å². The van der Waals surface area contributed by atoms with Gasteiger partial charge in [-0.15, -0.1) is 0 Å². The Kier molecular flexibility index (Phi) is 3.44. The first-order valence-corrected chi connectivity index (χ1v) is 5.68. The molecule has 0 aliphatic carbocycles. The average Bonchev–Trinajstić information content (AvgIpc) is 2.16. The molecule has 0 radical (unpaired) electrons. The highest BCUT2D eigenvalue weighted by molar-refractivity contribution is 5.36. The first kappa shape index (κ1) is 13.2. The molecule has 1 N–H and O–H groups in total. The molecule has 0 amide bonds. The molecule has 1 unspecified atom stereocenters. The van der Waals surface area contributed by atoms with E-state index in [9.17, 15) is 4.39 Å². The Morgan fingerprint density at radius 2 is 1.69 bits per heavy atom. The van der Waals surface area contributed by atoms with Gasteiger partial charge in [-0.1, -0.05) is 23.8 Å². The smallest absolute Gasteiger partial charge is 0.150 e. The van der Waals surface area contributed by atoms with Gasteiger partial charge in [-0.05, 0) is 52.8 Å². The molecule has 0 heterocycles. The summed E-state index contributed by atoms with van der Waals surface area (Å²) >= 11 is 0.